The third kappa shape index (κ3) is 7.57. The average Bonchev–Trinajstić information content (AvgIpc) is 3.85. The zero-order valence-electron chi connectivity index (χ0n) is 24.1. The number of rotatable bonds is 4. The first-order valence-electron chi connectivity index (χ1n) is 13.6. The van der Waals surface area contributed by atoms with Crippen LogP contribution in [0.15, 0.2) is 152 Å². The van der Waals surface area contributed by atoms with Crippen molar-refractivity contribution in [2.75, 3.05) is 0 Å². The zero-order chi connectivity index (χ0) is 28.9. The fraction of sp³-hybridized carbons (Fsp3) is 0.0556. The summed E-state index contributed by atoms with van der Waals surface area (Å²) in [5, 5.41) is 4.76. The van der Waals surface area contributed by atoms with Gasteiger partial charge >= 0.3 is 41.9 Å². The standard InChI is InChI=1S/2C17H11O2.C2H6Si.2ClH.Zr/c2*1-4-12-10-13(16-6-2-8-18-16)11-15(12)14(5-1)17-7-3-9-19-17;1-3-2;;;/h2*1-11H;1-2H3;2*1H;/q2*-1;;;;+2/p-2. The summed E-state index contributed by atoms with van der Waals surface area (Å²) in [5.41, 5.74) is 4.63. The largest absolute Gasteiger partial charge is 1.00 e. The van der Waals surface area contributed by atoms with E-state index in [1.165, 1.54) is 21.5 Å². The van der Waals surface area contributed by atoms with Gasteiger partial charge in [-0.25, -0.2) is 0 Å². The molecule has 0 fully saturated rings. The molecule has 0 atom stereocenters. The molecule has 0 unspecified atom stereocenters. The van der Waals surface area contributed by atoms with E-state index in [4.69, 9.17) is 17.7 Å². The summed E-state index contributed by atoms with van der Waals surface area (Å²) < 4.78 is 21.9. The van der Waals surface area contributed by atoms with E-state index in [0.29, 0.717) is 0 Å². The van der Waals surface area contributed by atoms with Crippen molar-refractivity contribution in [2.24, 2.45) is 0 Å². The molecule has 4 aromatic heterocycles. The van der Waals surface area contributed by atoms with E-state index in [-0.39, 0.29) is 30.2 Å². The van der Waals surface area contributed by atoms with Crippen LogP contribution in [-0.4, -0.2) is 5.43 Å². The molecule has 220 valence electrons. The van der Waals surface area contributed by atoms with Crippen LogP contribution in [0.5, 0.6) is 0 Å². The van der Waals surface area contributed by atoms with Gasteiger partial charge in [-0.3, -0.25) is 0 Å². The van der Waals surface area contributed by atoms with E-state index in [1.54, 1.807) is 48.4 Å². The van der Waals surface area contributed by atoms with Crippen LogP contribution in [0.3, 0.4) is 0 Å². The molecule has 8 heteroatoms. The van der Waals surface area contributed by atoms with Crippen LogP contribution in [0, 0.1) is 0 Å². The second-order valence-electron chi connectivity index (χ2n) is 10.0. The molecule has 4 aromatic carbocycles. The van der Waals surface area contributed by atoms with Crippen LogP contribution in [0.4, 0.5) is 0 Å². The second kappa shape index (κ2) is 15.5. The van der Waals surface area contributed by atoms with Gasteiger partial charge in [0.25, 0.3) is 0 Å². The zero-order valence-corrected chi connectivity index (χ0v) is 29.1. The van der Waals surface area contributed by atoms with Crippen molar-refractivity contribution in [3.05, 3.63) is 134 Å². The van der Waals surface area contributed by atoms with E-state index >= 15 is 0 Å². The van der Waals surface area contributed by atoms with Crippen LogP contribution in [-0.2, 0) is 23.3 Å². The van der Waals surface area contributed by atoms with E-state index in [9.17, 15) is 0 Å². The number of halogens is 2. The van der Waals surface area contributed by atoms with Gasteiger partial charge in [-0.2, -0.15) is 0 Å². The molecule has 44 heavy (non-hydrogen) atoms. The fourth-order valence-electron chi connectivity index (χ4n) is 4.93. The van der Waals surface area contributed by atoms with Crippen LogP contribution in [0.1, 0.15) is 0 Å². The Morgan fingerprint density at radius 1 is 0.500 bits per heavy atom. The Labute approximate surface area is 283 Å². The number of fused-ring (bicyclic) bond motifs is 2. The predicted octanol–water partition coefficient (Wildman–Crippen LogP) is 4.95. The minimum atomic E-state index is 0. The SMILES string of the molecule is C[Si](C)=[Zr+2].[Cl-].[Cl-].c1coc(-c2cc3c(-c4ccco4)cccc3[cH-]2)c1.c1coc(-c2cc3c(-c4ccco4)cccc3[cH-]2)c1. The van der Waals surface area contributed by atoms with Crippen LogP contribution < -0.4 is 24.8 Å². The first-order chi connectivity index (χ1) is 20.6. The average molecular weight is 715 g/mol. The van der Waals surface area contributed by atoms with E-state index < -0.39 is 0 Å². The molecule has 0 amide bonds. The molecule has 0 radical (unpaired) electrons. The summed E-state index contributed by atoms with van der Waals surface area (Å²) in [6.07, 6.45) is 6.79. The van der Waals surface area contributed by atoms with Gasteiger partial charge in [0.05, 0.1) is 36.6 Å². The Hall–Kier alpha value is -3.54. The van der Waals surface area contributed by atoms with Gasteiger partial charge in [-0.05, 0) is 47.5 Å². The molecule has 8 aromatic rings. The van der Waals surface area contributed by atoms with Crippen molar-refractivity contribution in [2.45, 2.75) is 13.1 Å². The van der Waals surface area contributed by atoms with Gasteiger partial charge in [0.2, 0.25) is 0 Å². The minimum Gasteiger partial charge on any atom is -1.00 e. The van der Waals surface area contributed by atoms with Crippen molar-refractivity contribution in [3.63, 3.8) is 0 Å². The Morgan fingerprint density at radius 3 is 1.16 bits per heavy atom. The molecule has 4 heterocycles. The Kier molecular flexibility index (Phi) is 11.7. The molecule has 8 rings (SSSR count). The molecule has 0 spiro atoms. The van der Waals surface area contributed by atoms with Gasteiger partial charge in [0.1, 0.15) is 11.5 Å². The number of furan rings is 4. The van der Waals surface area contributed by atoms with Crippen molar-refractivity contribution in [1.29, 1.82) is 0 Å². The normalized spacial score (nSPS) is 10.3. The summed E-state index contributed by atoms with van der Waals surface area (Å²) in [5.74, 6) is 3.56. The van der Waals surface area contributed by atoms with Gasteiger partial charge in [0.15, 0.2) is 0 Å². The van der Waals surface area contributed by atoms with E-state index in [0.717, 1.165) is 45.3 Å². The molecule has 4 nitrogen and oxygen atoms in total. The quantitative estimate of drug-likeness (QED) is 0.192. The number of hydrogen-bond donors (Lipinski definition) is 0. The maximum Gasteiger partial charge on any atom is 0.126 e. The Morgan fingerprint density at radius 2 is 0.841 bits per heavy atom. The topological polar surface area (TPSA) is 52.6 Å². The van der Waals surface area contributed by atoms with Crippen molar-refractivity contribution >= 4 is 27.0 Å². The van der Waals surface area contributed by atoms with Crippen LogP contribution in [0.2, 0.25) is 13.1 Å². The first kappa shape index (κ1) is 33.4. The monoisotopic (exact) mass is 712 g/mol. The molecule has 0 saturated carbocycles. The molecular formula is C36H28Cl2O4SiZr-2. The smallest absolute Gasteiger partial charge is 0.126 e. The first-order valence-corrected chi connectivity index (χ1v) is 19.8. The Bertz CT molecular complexity index is 1870. The third-order valence-corrected chi connectivity index (χ3v) is 6.69. The van der Waals surface area contributed by atoms with Crippen molar-refractivity contribution in [1.82, 2.24) is 0 Å². The molecule has 0 bridgehead atoms. The summed E-state index contributed by atoms with van der Waals surface area (Å²) in [4.78, 5) is 0. The van der Waals surface area contributed by atoms with Crippen LogP contribution >= 0.6 is 0 Å². The summed E-state index contributed by atoms with van der Waals surface area (Å²) in [6, 6.07) is 36.6. The molecule has 0 aliphatic carbocycles. The maximum absolute atomic E-state index is 5.50. The Balaban J connectivity index is 0.000000172. The van der Waals surface area contributed by atoms with Gasteiger partial charge in [-0.15, -0.1) is 57.9 Å². The number of benzene rings is 2. The van der Waals surface area contributed by atoms with Gasteiger partial charge in [0, 0.05) is 0 Å². The summed E-state index contributed by atoms with van der Waals surface area (Å²) in [6.45, 7) is 4.62. The second-order valence-corrected chi connectivity index (χ2v) is 19.4. The van der Waals surface area contributed by atoms with Crippen LogP contribution in [0.25, 0.3) is 66.8 Å². The molecule has 0 N–H and O–H groups in total. The third-order valence-electron chi connectivity index (χ3n) is 6.69. The minimum absolute atomic E-state index is 0. The molecule has 0 saturated heterocycles. The van der Waals surface area contributed by atoms with E-state index in [1.807, 2.05) is 60.7 Å². The fourth-order valence-corrected chi connectivity index (χ4v) is 4.93. The van der Waals surface area contributed by atoms with Gasteiger partial charge in [-0.1, -0.05) is 47.5 Å². The molecule has 0 aliphatic heterocycles. The molecule has 0 aliphatic rings. The molecular weight excluding hydrogens is 687 g/mol. The van der Waals surface area contributed by atoms with Crippen molar-refractivity contribution in [3.8, 4) is 45.3 Å². The number of hydrogen-bond acceptors (Lipinski definition) is 4. The maximum atomic E-state index is 5.50. The van der Waals surface area contributed by atoms with Gasteiger partial charge < -0.3 is 42.5 Å². The summed E-state index contributed by atoms with van der Waals surface area (Å²) >= 11 is 1.74. The van der Waals surface area contributed by atoms with E-state index in [2.05, 4.69) is 61.6 Å². The summed E-state index contributed by atoms with van der Waals surface area (Å²) in [7, 11) is 0. The van der Waals surface area contributed by atoms with Crippen molar-refractivity contribution < 1.29 is 65.8 Å². The predicted molar refractivity (Wildman–Crippen MR) is 167 cm³/mol.